The fraction of sp³-hybridized carbons (Fsp3) is 0.125. The number of esters is 1. The van der Waals surface area contributed by atoms with E-state index >= 15 is 0 Å². The molecule has 2 aromatic carbocycles. The van der Waals surface area contributed by atoms with E-state index in [4.69, 9.17) is 9.84 Å². The summed E-state index contributed by atoms with van der Waals surface area (Å²) in [6.45, 7) is 1.91. The minimum atomic E-state index is -1.12. The van der Waals surface area contributed by atoms with Crippen LogP contribution in [-0.4, -0.2) is 17.0 Å². The molecule has 0 atom stereocenters. The Labute approximate surface area is 116 Å². The zero-order valence-electron chi connectivity index (χ0n) is 11.0. The van der Waals surface area contributed by atoms with Gasteiger partial charge in [-0.1, -0.05) is 36.4 Å². The molecule has 0 aromatic heterocycles. The van der Waals surface area contributed by atoms with Crippen molar-refractivity contribution in [2.45, 2.75) is 13.3 Å². The van der Waals surface area contributed by atoms with Crippen LogP contribution in [0.2, 0.25) is 0 Å². The van der Waals surface area contributed by atoms with Crippen molar-refractivity contribution < 1.29 is 19.4 Å². The standard InChI is InChI=1S/C16H14O4/c1-11-6-2-3-7-12(11)10-15(17)20-14-9-5-4-8-13(14)16(18)19/h2-9H,10H2,1H3,(H,18,19). The van der Waals surface area contributed by atoms with Gasteiger partial charge in [-0.25, -0.2) is 4.79 Å². The first kappa shape index (κ1) is 13.8. The summed E-state index contributed by atoms with van der Waals surface area (Å²) < 4.78 is 5.15. The van der Waals surface area contributed by atoms with Crippen LogP contribution in [0.1, 0.15) is 21.5 Å². The molecule has 102 valence electrons. The van der Waals surface area contributed by atoms with Crippen molar-refractivity contribution in [3.8, 4) is 5.75 Å². The van der Waals surface area contributed by atoms with Crippen LogP contribution in [0, 0.1) is 6.92 Å². The number of hydrogen-bond acceptors (Lipinski definition) is 3. The first-order chi connectivity index (χ1) is 9.58. The minimum Gasteiger partial charge on any atom is -0.478 e. The first-order valence-corrected chi connectivity index (χ1v) is 6.15. The predicted molar refractivity (Wildman–Crippen MR) is 73.9 cm³/mol. The number of ether oxygens (including phenoxy) is 1. The largest absolute Gasteiger partial charge is 0.478 e. The molecule has 2 aromatic rings. The van der Waals surface area contributed by atoms with Crippen molar-refractivity contribution in [3.63, 3.8) is 0 Å². The number of hydrogen-bond donors (Lipinski definition) is 1. The van der Waals surface area contributed by atoms with Crippen molar-refractivity contribution in [1.29, 1.82) is 0 Å². The molecule has 0 amide bonds. The van der Waals surface area contributed by atoms with E-state index in [0.29, 0.717) is 0 Å². The Morgan fingerprint density at radius 1 is 1.05 bits per heavy atom. The van der Waals surface area contributed by atoms with E-state index in [0.717, 1.165) is 11.1 Å². The number of para-hydroxylation sites is 1. The van der Waals surface area contributed by atoms with E-state index in [1.165, 1.54) is 12.1 Å². The van der Waals surface area contributed by atoms with Crippen molar-refractivity contribution in [1.82, 2.24) is 0 Å². The van der Waals surface area contributed by atoms with Gasteiger partial charge in [0.1, 0.15) is 11.3 Å². The maximum absolute atomic E-state index is 11.9. The molecule has 4 heteroatoms. The second kappa shape index (κ2) is 6.02. The third-order valence-corrected chi connectivity index (χ3v) is 2.94. The van der Waals surface area contributed by atoms with Crippen molar-refractivity contribution in [2.75, 3.05) is 0 Å². The van der Waals surface area contributed by atoms with Gasteiger partial charge in [0.25, 0.3) is 0 Å². The molecule has 2 rings (SSSR count). The van der Waals surface area contributed by atoms with Gasteiger partial charge in [-0.2, -0.15) is 0 Å². The second-order valence-corrected chi connectivity index (χ2v) is 4.38. The molecule has 1 N–H and O–H groups in total. The number of carboxylic acid groups (broad SMARTS) is 1. The van der Waals surface area contributed by atoms with Gasteiger partial charge in [-0.15, -0.1) is 0 Å². The molecule has 0 aliphatic heterocycles. The smallest absolute Gasteiger partial charge is 0.339 e. The van der Waals surface area contributed by atoms with E-state index in [9.17, 15) is 9.59 Å². The summed E-state index contributed by atoms with van der Waals surface area (Å²) in [5.41, 5.74) is 1.84. The van der Waals surface area contributed by atoms with Gasteiger partial charge >= 0.3 is 11.9 Å². The molecule has 0 saturated heterocycles. The minimum absolute atomic E-state index is 0.0226. The molecular formula is C16H14O4. The third kappa shape index (κ3) is 3.23. The topological polar surface area (TPSA) is 63.6 Å². The van der Waals surface area contributed by atoms with E-state index in [2.05, 4.69) is 0 Å². The molecule has 0 unspecified atom stereocenters. The fourth-order valence-electron chi connectivity index (χ4n) is 1.85. The molecule has 0 radical (unpaired) electrons. The maximum Gasteiger partial charge on any atom is 0.339 e. The molecule has 0 saturated carbocycles. The highest BCUT2D eigenvalue weighted by Gasteiger charge is 2.14. The van der Waals surface area contributed by atoms with Crippen LogP contribution in [0.15, 0.2) is 48.5 Å². The highest BCUT2D eigenvalue weighted by atomic mass is 16.5. The molecule has 0 spiro atoms. The van der Waals surface area contributed by atoms with Crippen LogP contribution in [0.25, 0.3) is 0 Å². The van der Waals surface area contributed by atoms with E-state index in [-0.39, 0.29) is 17.7 Å². The molecule has 20 heavy (non-hydrogen) atoms. The number of carbonyl (C=O) groups is 2. The monoisotopic (exact) mass is 270 g/mol. The summed E-state index contributed by atoms with van der Waals surface area (Å²) >= 11 is 0. The highest BCUT2D eigenvalue weighted by molar-refractivity contribution is 5.92. The molecule has 4 nitrogen and oxygen atoms in total. The lowest BCUT2D eigenvalue weighted by atomic mass is 10.1. The average Bonchev–Trinajstić information content (AvgIpc) is 2.41. The zero-order valence-corrected chi connectivity index (χ0v) is 11.0. The summed E-state index contributed by atoms with van der Waals surface area (Å²) in [5, 5.41) is 9.02. The van der Waals surface area contributed by atoms with Gasteiger partial charge in [-0.3, -0.25) is 4.79 Å². The maximum atomic E-state index is 11.9. The van der Waals surface area contributed by atoms with Crippen LogP contribution in [0.4, 0.5) is 0 Å². The normalized spacial score (nSPS) is 10.1. The summed E-state index contributed by atoms with van der Waals surface area (Å²) in [4.78, 5) is 22.9. The van der Waals surface area contributed by atoms with Crippen LogP contribution >= 0.6 is 0 Å². The Hall–Kier alpha value is -2.62. The van der Waals surface area contributed by atoms with E-state index in [1.807, 2.05) is 31.2 Å². The van der Waals surface area contributed by atoms with Crippen LogP contribution in [0.3, 0.4) is 0 Å². The lowest BCUT2D eigenvalue weighted by Gasteiger charge is -2.08. The lowest BCUT2D eigenvalue weighted by Crippen LogP contribution is -2.14. The first-order valence-electron chi connectivity index (χ1n) is 6.15. The SMILES string of the molecule is Cc1ccccc1CC(=O)Oc1ccccc1C(=O)O. The molecular weight excluding hydrogens is 256 g/mol. The number of aromatic carboxylic acids is 1. The Morgan fingerprint density at radius 3 is 2.40 bits per heavy atom. The van der Waals surface area contributed by atoms with E-state index in [1.54, 1.807) is 12.1 Å². The van der Waals surface area contributed by atoms with Crippen LogP contribution in [-0.2, 0) is 11.2 Å². The average molecular weight is 270 g/mol. The second-order valence-electron chi connectivity index (χ2n) is 4.38. The number of aryl methyl sites for hydroxylation is 1. The van der Waals surface area contributed by atoms with Gasteiger partial charge in [0.05, 0.1) is 6.42 Å². The third-order valence-electron chi connectivity index (χ3n) is 2.94. The lowest BCUT2D eigenvalue weighted by molar-refractivity contribution is -0.133. The number of benzene rings is 2. The van der Waals surface area contributed by atoms with Crippen LogP contribution in [0.5, 0.6) is 5.75 Å². The van der Waals surface area contributed by atoms with Gasteiger partial charge in [-0.05, 0) is 30.2 Å². The van der Waals surface area contributed by atoms with Gasteiger partial charge in [0.15, 0.2) is 0 Å². The Balaban J connectivity index is 2.13. The zero-order chi connectivity index (χ0) is 14.5. The van der Waals surface area contributed by atoms with Crippen molar-refractivity contribution in [3.05, 3.63) is 65.2 Å². The molecule has 0 aliphatic carbocycles. The Kier molecular flexibility index (Phi) is 4.15. The highest BCUT2D eigenvalue weighted by Crippen LogP contribution is 2.19. The van der Waals surface area contributed by atoms with Crippen LogP contribution < -0.4 is 4.74 Å². The number of carboxylic acids is 1. The van der Waals surface area contributed by atoms with Gasteiger partial charge < -0.3 is 9.84 Å². The quantitative estimate of drug-likeness (QED) is 0.685. The number of rotatable bonds is 4. The van der Waals surface area contributed by atoms with Crippen molar-refractivity contribution in [2.24, 2.45) is 0 Å². The predicted octanol–water partition coefficient (Wildman–Crippen LogP) is 2.84. The van der Waals surface area contributed by atoms with Crippen molar-refractivity contribution >= 4 is 11.9 Å². The molecule has 0 aliphatic rings. The molecule has 0 fully saturated rings. The Bertz CT molecular complexity index is 646. The number of carbonyl (C=O) groups excluding carboxylic acids is 1. The molecule has 0 bridgehead atoms. The fourth-order valence-corrected chi connectivity index (χ4v) is 1.85. The molecule has 0 heterocycles. The summed E-state index contributed by atoms with van der Waals surface area (Å²) in [6.07, 6.45) is 0.112. The van der Waals surface area contributed by atoms with E-state index < -0.39 is 11.9 Å². The summed E-state index contributed by atoms with van der Waals surface area (Å²) in [5.74, 6) is -1.53. The van der Waals surface area contributed by atoms with Gasteiger partial charge in [0.2, 0.25) is 0 Å². The summed E-state index contributed by atoms with van der Waals surface area (Å²) in [7, 11) is 0. The van der Waals surface area contributed by atoms with Gasteiger partial charge in [0, 0.05) is 0 Å². The Morgan fingerprint density at radius 2 is 1.70 bits per heavy atom. The summed E-state index contributed by atoms with van der Waals surface area (Å²) in [6, 6.07) is 13.6.